The minimum atomic E-state index is -2.74. The van der Waals surface area contributed by atoms with Gasteiger partial charge in [0.2, 0.25) is 0 Å². The number of allylic oxidation sites excluding steroid dienone is 4. The molecule has 1 aromatic carbocycles. The maximum Gasteiger partial charge on any atom is 0.263 e. The summed E-state index contributed by atoms with van der Waals surface area (Å²) in [6.07, 6.45) is 7.64. The van der Waals surface area contributed by atoms with Crippen LogP contribution < -0.4 is 4.90 Å². The smallest absolute Gasteiger partial charge is 0.263 e. The number of hydrogen-bond donors (Lipinski definition) is 1. The minimum absolute atomic E-state index is 0. The van der Waals surface area contributed by atoms with Crippen LogP contribution in [0.1, 0.15) is 85.6 Å². The van der Waals surface area contributed by atoms with Crippen molar-refractivity contribution < 1.29 is 18.9 Å². The first-order valence-electron chi connectivity index (χ1n) is 13.3. The topological polar surface area (TPSA) is 59.0 Å². The standard InChI is InChI=1S/C30H38NO4PS.3CH4.4H2S/c1-29-19-26(20-6-9-22(10-7-20)31(2)3)28-24-13-11-23(32)18-21(24)8-12-25(28)27(29)14-15-30(29,33)16-17-36(37,34-4)35-5;;;;;;;/h6-7,9-10,18,25-27,33H,8,11-15,19H2,1-5H3;3*1H4;4*1H2/t25-,26+,27-,29-,30+;;;;;;;/m0......./s1. The van der Waals surface area contributed by atoms with Gasteiger partial charge in [0.25, 0.3) is 6.49 Å². The molecule has 0 unspecified atom stereocenters. The summed E-state index contributed by atoms with van der Waals surface area (Å²) in [6.45, 7) is -0.500. The molecular formula is C33H58NO4PS5. The first-order chi connectivity index (χ1) is 17.5. The predicted molar refractivity (Wildman–Crippen MR) is 214 cm³/mol. The molecule has 0 heterocycles. The van der Waals surface area contributed by atoms with Crippen molar-refractivity contribution in [1.29, 1.82) is 0 Å². The molecule has 4 aliphatic carbocycles. The molecule has 1 N–H and O–H groups in total. The van der Waals surface area contributed by atoms with E-state index in [1.54, 1.807) is 0 Å². The molecule has 5 atom stereocenters. The Morgan fingerprint density at radius 1 is 0.977 bits per heavy atom. The Bertz CT molecular complexity index is 1280. The van der Waals surface area contributed by atoms with Gasteiger partial charge in [-0.25, -0.2) is 0 Å². The van der Waals surface area contributed by atoms with Gasteiger partial charge in [-0.2, -0.15) is 54.0 Å². The second kappa shape index (κ2) is 18.3. The number of carbonyl (C=O) groups excluding carboxylic acids is 1. The van der Waals surface area contributed by atoms with Crippen LogP contribution in [0.5, 0.6) is 0 Å². The summed E-state index contributed by atoms with van der Waals surface area (Å²) < 4.78 is 10.8. The molecule has 0 aromatic heterocycles. The van der Waals surface area contributed by atoms with Crippen LogP contribution in [0.4, 0.5) is 5.69 Å². The number of benzene rings is 1. The van der Waals surface area contributed by atoms with Crippen molar-refractivity contribution in [3.63, 3.8) is 0 Å². The van der Waals surface area contributed by atoms with Crippen LogP contribution in [0.25, 0.3) is 0 Å². The number of fused-ring (bicyclic) bond motifs is 4. The molecule has 0 radical (unpaired) electrons. The Labute approximate surface area is 301 Å². The van der Waals surface area contributed by atoms with E-state index in [-0.39, 0.29) is 88.0 Å². The van der Waals surface area contributed by atoms with Crippen LogP contribution in [-0.4, -0.2) is 44.8 Å². The Morgan fingerprint density at radius 3 is 2.11 bits per heavy atom. The maximum absolute atomic E-state index is 12.3. The van der Waals surface area contributed by atoms with Crippen LogP contribution in [0.15, 0.2) is 47.1 Å². The number of anilines is 1. The van der Waals surface area contributed by atoms with Gasteiger partial charge in [0.05, 0.1) is 0 Å². The van der Waals surface area contributed by atoms with Crippen molar-refractivity contribution in [2.24, 2.45) is 17.3 Å². The fourth-order valence-corrected chi connectivity index (χ4v) is 8.29. The molecule has 5 rings (SSSR count). The molecule has 11 heteroatoms. The molecule has 254 valence electrons. The van der Waals surface area contributed by atoms with Gasteiger partial charge < -0.3 is 19.1 Å². The van der Waals surface area contributed by atoms with Gasteiger partial charge >= 0.3 is 0 Å². The molecular weight excluding hydrogens is 666 g/mol. The molecule has 1 aromatic rings. The molecule has 44 heavy (non-hydrogen) atoms. The fraction of sp³-hybridized carbons (Fsp3) is 0.606. The third-order valence-corrected chi connectivity index (χ3v) is 12.1. The summed E-state index contributed by atoms with van der Waals surface area (Å²) in [5, 5.41) is 12.1. The minimum Gasteiger partial charge on any atom is -0.378 e. The highest BCUT2D eigenvalue weighted by molar-refractivity contribution is 8.12. The maximum atomic E-state index is 12.3. The van der Waals surface area contributed by atoms with Gasteiger partial charge in [0.1, 0.15) is 5.60 Å². The van der Waals surface area contributed by atoms with Gasteiger partial charge in [-0.3, -0.25) is 4.79 Å². The highest BCUT2D eigenvalue weighted by Crippen LogP contribution is 2.67. The Kier molecular flexibility index (Phi) is 20.0. The largest absolute Gasteiger partial charge is 0.378 e. The van der Waals surface area contributed by atoms with E-state index in [1.807, 2.05) is 6.08 Å². The molecule has 0 bridgehead atoms. The second-order valence-electron chi connectivity index (χ2n) is 11.5. The van der Waals surface area contributed by atoms with E-state index in [2.05, 4.69) is 61.8 Å². The molecule has 0 aliphatic heterocycles. The van der Waals surface area contributed by atoms with Crippen LogP contribution >= 0.6 is 60.5 Å². The van der Waals surface area contributed by atoms with E-state index in [1.165, 1.54) is 42.2 Å². The Hall–Kier alpha value is -0.340. The van der Waals surface area contributed by atoms with Crippen LogP contribution in [0.3, 0.4) is 0 Å². The summed E-state index contributed by atoms with van der Waals surface area (Å²) in [5.74, 6) is 4.35. The zero-order chi connectivity index (χ0) is 26.6. The van der Waals surface area contributed by atoms with Crippen molar-refractivity contribution in [3.05, 3.63) is 52.6 Å². The Balaban J connectivity index is -0.00000240. The normalized spacial score (nSPS) is 27.8. The van der Waals surface area contributed by atoms with E-state index in [0.717, 1.165) is 32.1 Å². The molecule has 0 saturated heterocycles. The van der Waals surface area contributed by atoms with E-state index < -0.39 is 17.5 Å². The average molecular weight is 724 g/mol. The van der Waals surface area contributed by atoms with Gasteiger partial charge in [0, 0.05) is 51.8 Å². The molecule has 4 aliphatic rings. The SMILES string of the molecule is C.C.C.COP(=S)(C#C[C@]1(O)CC[C@H]2[C@@H]3CCC4=CC(=O)CCC4=C3[C@@H](c3ccc(N(C)C)cc3)C[C@@]21C)OC.S.S.S.S. The van der Waals surface area contributed by atoms with Crippen LogP contribution in [-0.2, 0) is 25.6 Å². The quantitative estimate of drug-likeness (QED) is 0.249. The highest BCUT2D eigenvalue weighted by atomic mass is 32.5. The number of aliphatic hydroxyl groups is 1. The van der Waals surface area contributed by atoms with Gasteiger partial charge in [-0.1, -0.05) is 52.8 Å². The molecule has 2 fully saturated rings. The van der Waals surface area contributed by atoms with E-state index in [4.69, 9.17) is 20.9 Å². The van der Waals surface area contributed by atoms with E-state index >= 15 is 0 Å². The summed E-state index contributed by atoms with van der Waals surface area (Å²) in [6, 6.07) is 8.86. The van der Waals surface area contributed by atoms with Crippen molar-refractivity contribution in [1.82, 2.24) is 0 Å². The first kappa shape index (κ1) is 48.1. The summed E-state index contributed by atoms with van der Waals surface area (Å²) in [4.78, 5) is 14.4. The van der Waals surface area contributed by atoms with Crippen molar-refractivity contribution in [3.8, 4) is 11.6 Å². The van der Waals surface area contributed by atoms with Crippen LogP contribution in [0.2, 0.25) is 0 Å². The average Bonchev–Trinajstić information content (AvgIpc) is 3.17. The molecule has 0 spiro atoms. The number of carbonyl (C=O) groups is 1. The second-order valence-corrected chi connectivity index (χ2v) is 14.9. The number of hydrogen-bond acceptors (Lipinski definition) is 6. The first-order valence-corrected chi connectivity index (χ1v) is 15.9. The lowest BCUT2D eigenvalue weighted by Crippen LogP contribution is -2.51. The van der Waals surface area contributed by atoms with E-state index in [9.17, 15) is 9.90 Å². The van der Waals surface area contributed by atoms with Crippen molar-refractivity contribution >= 4 is 83.8 Å². The summed E-state index contributed by atoms with van der Waals surface area (Å²) >= 11 is 5.51. The number of nitrogens with zero attached hydrogens (tertiary/aromatic N) is 1. The fourth-order valence-electron chi connectivity index (χ4n) is 7.50. The van der Waals surface area contributed by atoms with Gasteiger partial charge in [0.15, 0.2) is 5.78 Å². The highest BCUT2D eigenvalue weighted by Gasteiger charge is 2.62. The van der Waals surface area contributed by atoms with Crippen molar-refractivity contribution in [2.45, 2.75) is 85.7 Å². The van der Waals surface area contributed by atoms with Gasteiger partial charge in [-0.15, -0.1) is 0 Å². The third-order valence-electron chi connectivity index (χ3n) is 9.58. The monoisotopic (exact) mass is 723 g/mol. The number of rotatable bonds is 4. The lowest BCUT2D eigenvalue weighted by atomic mass is 9.51. The lowest BCUT2D eigenvalue weighted by Gasteiger charge is -2.53. The molecule has 0 amide bonds. The molecule has 5 nitrogen and oxygen atoms in total. The zero-order valence-electron chi connectivity index (χ0n) is 24.5. The van der Waals surface area contributed by atoms with Crippen molar-refractivity contribution in [2.75, 3.05) is 33.2 Å². The summed E-state index contributed by atoms with van der Waals surface area (Å²) in [5.41, 5.74) is 8.11. The third kappa shape index (κ3) is 8.38. The predicted octanol–water partition coefficient (Wildman–Crippen LogP) is 8.31. The number of ketones is 1. The van der Waals surface area contributed by atoms with Gasteiger partial charge in [-0.05, 0) is 103 Å². The lowest BCUT2D eigenvalue weighted by molar-refractivity contribution is -0.114. The zero-order valence-corrected chi connectivity index (χ0v) is 30.3. The van der Waals surface area contributed by atoms with E-state index in [0.29, 0.717) is 24.7 Å². The Morgan fingerprint density at radius 2 is 1.57 bits per heavy atom. The van der Waals surface area contributed by atoms with Crippen LogP contribution in [0, 0.1) is 28.8 Å². The summed E-state index contributed by atoms with van der Waals surface area (Å²) in [7, 11) is 7.16. The molecule has 2 saturated carbocycles.